The molecule has 0 N–H and O–H groups in total. The summed E-state index contributed by atoms with van der Waals surface area (Å²) >= 11 is 3.97. The fourth-order valence-electron chi connectivity index (χ4n) is 0.716. The zero-order valence-corrected chi connectivity index (χ0v) is 9.43. The predicted molar refractivity (Wildman–Crippen MR) is 59.5 cm³/mol. The van der Waals surface area contributed by atoms with Crippen LogP contribution in [0.3, 0.4) is 0 Å². The molecule has 0 rings (SSSR count). The fourth-order valence-corrected chi connectivity index (χ4v) is 1.86. The molecule has 0 aromatic heterocycles. The molecular weight excluding hydrogens is 172 g/mol. The third kappa shape index (κ3) is 10.7. The van der Waals surface area contributed by atoms with Crippen LogP contribution >= 0.6 is 23.5 Å². The minimum absolute atomic E-state index is 0.784. The second kappa shape index (κ2) is 8.79. The van der Waals surface area contributed by atoms with Crippen molar-refractivity contribution in [1.82, 2.24) is 0 Å². The lowest BCUT2D eigenvalue weighted by Crippen LogP contribution is -1.91. The molecule has 2 heteroatoms. The third-order valence-corrected chi connectivity index (χ3v) is 3.10. The van der Waals surface area contributed by atoms with Gasteiger partial charge in [0.1, 0.15) is 0 Å². The van der Waals surface area contributed by atoms with Crippen LogP contribution in [0, 0.1) is 6.42 Å². The lowest BCUT2D eigenvalue weighted by atomic mass is 10.3. The third-order valence-electron chi connectivity index (χ3n) is 1.30. The first-order valence-electron chi connectivity index (χ1n) is 4.19. The van der Waals surface area contributed by atoms with Crippen molar-refractivity contribution in [1.29, 1.82) is 0 Å². The monoisotopic (exact) mass is 191 g/mol. The van der Waals surface area contributed by atoms with Gasteiger partial charge in [0.05, 0.1) is 0 Å². The summed E-state index contributed by atoms with van der Waals surface area (Å²) in [6.07, 6.45) is 7.21. The van der Waals surface area contributed by atoms with Gasteiger partial charge >= 0.3 is 0 Å². The Morgan fingerprint density at radius 1 is 1.36 bits per heavy atom. The van der Waals surface area contributed by atoms with E-state index >= 15 is 0 Å². The van der Waals surface area contributed by atoms with Gasteiger partial charge in [-0.3, -0.25) is 0 Å². The van der Waals surface area contributed by atoms with Crippen molar-refractivity contribution in [2.75, 3.05) is 17.8 Å². The van der Waals surface area contributed by atoms with E-state index in [0.29, 0.717) is 0 Å². The molecule has 67 valence electrons. The quantitative estimate of drug-likeness (QED) is 0.565. The Bertz CT molecular complexity index is 72.0. The van der Waals surface area contributed by atoms with Crippen LogP contribution in [0.4, 0.5) is 0 Å². The van der Waals surface area contributed by atoms with Crippen LogP contribution in [0.5, 0.6) is 0 Å². The Morgan fingerprint density at radius 3 is 2.64 bits per heavy atom. The van der Waals surface area contributed by atoms with E-state index in [9.17, 15) is 0 Å². The molecular formula is C9H19S2. The second-order valence-electron chi connectivity index (χ2n) is 2.81. The molecule has 11 heavy (non-hydrogen) atoms. The van der Waals surface area contributed by atoms with Crippen molar-refractivity contribution in [3.63, 3.8) is 0 Å². The molecule has 0 aliphatic heterocycles. The van der Waals surface area contributed by atoms with E-state index in [1.165, 1.54) is 24.3 Å². The van der Waals surface area contributed by atoms with Crippen LogP contribution in [0.1, 0.15) is 26.7 Å². The van der Waals surface area contributed by atoms with E-state index < -0.39 is 0 Å². The topological polar surface area (TPSA) is 0 Å². The number of rotatable bonds is 7. The Balaban J connectivity index is 2.80. The highest BCUT2D eigenvalue weighted by molar-refractivity contribution is 7.99. The van der Waals surface area contributed by atoms with E-state index in [1.807, 2.05) is 23.5 Å². The summed E-state index contributed by atoms with van der Waals surface area (Å²) in [6, 6.07) is 0. The van der Waals surface area contributed by atoms with Crippen LogP contribution in [0.15, 0.2) is 0 Å². The normalized spacial score (nSPS) is 10.9. The van der Waals surface area contributed by atoms with Crippen molar-refractivity contribution in [3.05, 3.63) is 6.42 Å². The highest BCUT2D eigenvalue weighted by Crippen LogP contribution is 2.12. The standard InChI is InChI=1S/C9H19S2/c1-9(2)11-8-6-4-5-7-10-3/h6,9H,4-5,7-8H2,1-3H3. The van der Waals surface area contributed by atoms with E-state index in [-0.39, 0.29) is 0 Å². The maximum atomic E-state index is 2.40. The van der Waals surface area contributed by atoms with Crippen molar-refractivity contribution in [2.45, 2.75) is 31.9 Å². The van der Waals surface area contributed by atoms with Gasteiger partial charge in [-0.25, -0.2) is 0 Å². The van der Waals surface area contributed by atoms with Gasteiger partial charge in [-0.05, 0) is 42.3 Å². The van der Waals surface area contributed by atoms with Crippen LogP contribution < -0.4 is 0 Å². The van der Waals surface area contributed by atoms with Crippen molar-refractivity contribution >= 4 is 23.5 Å². The van der Waals surface area contributed by atoms with Crippen LogP contribution in [0.25, 0.3) is 0 Å². The molecule has 0 fully saturated rings. The Morgan fingerprint density at radius 2 is 2.09 bits per heavy atom. The molecule has 0 atom stereocenters. The first-order chi connectivity index (χ1) is 5.27. The largest absolute Gasteiger partial charge is 0.165 e. The van der Waals surface area contributed by atoms with Crippen molar-refractivity contribution < 1.29 is 0 Å². The van der Waals surface area contributed by atoms with Gasteiger partial charge in [-0.2, -0.15) is 23.5 Å². The van der Waals surface area contributed by atoms with Gasteiger partial charge in [-0.15, -0.1) is 0 Å². The Hall–Kier alpha value is 0.700. The summed E-state index contributed by atoms with van der Waals surface area (Å²) < 4.78 is 0. The molecule has 0 aliphatic carbocycles. The number of hydrogen-bond donors (Lipinski definition) is 0. The molecule has 0 aromatic rings. The van der Waals surface area contributed by atoms with E-state index in [2.05, 4.69) is 26.5 Å². The highest BCUT2D eigenvalue weighted by atomic mass is 32.2. The summed E-state index contributed by atoms with van der Waals surface area (Å²) in [4.78, 5) is 0. The molecule has 0 heterocycles. The molecule has 0 aromatic carbocycles. The molecule has 0 spiro atoms. The molecule has 0 amide bonds. The summed E-state index contributed by atoms with van der Waals surface area (Å²) in [5.41, 5.74) is 0. The average Bonchev–Trinajstić information content (AvgIpc) is 1.96. The van der Waals surface area contributed by atoms with E-state index in [4.69, 9.17) is 0 Å². The lowest BCUT2D eigenvalue weighted by molar-refractivity contribution is 0.914. The summed E-state index contributed by atoms with van der Waals surface area (Å²) in [5.74, 6) is 2.54. The van der Waals surface area contributed by atoms with E-state index in [1.54, 1.807) is 0 Å². The molecule has 0 unspecified atom stereocenters. The number of thioether (sulfide) groups is 2. The Labute approximate surface area is 79.9 Å². The fraction of sp³-hybridized carbons (Fsp3) is 0.889. The maximum absolute atomic E-state index is 2.40. The van der Waals surface area contributed by atoms with Crippen LogP contribution in [0.2, 0.25) is 0 Å². The molecule has 0 bridgehead atoms. The minimum Gasteiger partial charge on any atom is -0.165 e. The van der Waals surface area contributed by atoms with Gasteiger partial charge in [0.15, 0.2) is 0 Å². The van der Waals surface area contributed by atoms with Gasteiger partial charge in [0, 0.05) is 0 Å². The summed E-state index contributed by atoms with van der Waals surface area (Å²) in [5, 5.41) is 0.784. The molecule has 0 aliphatic rings. The number of unbranched alkanes of at least 4 members (excludes halogenated alkanes) is 2. The smallest absolute Gasteiger partial charge is 0.000958 e. The van der Waals surface area contributed by atoms with Gasteiger partial charge < -0.3 is 0 Å². The second-order valence-corrected chi connectivity index (χ2v) is 5.40. The number of hydrogen-bond acceptors (Lipinski definition) is 2. The van der Waals surface area contributed by atoms with Crippen LogP contribution in [-0.4, -0.2) is 23.0 Å². The molecule has 0 saturated carbocycles. The maximum Gasteiger partial charge on any atom is -0.000958 e. The first kappa shape index (κ1) is 11.7. The molecule has 0 nitrogen and oxygen atoms in total. The summed E-state index contributed by atoms with van der Waals surface area (Å²) in [7, 11) is 0. The SMILES string of the molecule is CSCCC[CH]CSC(C)C. The van der Waals surface area contributed by atoms with Gasteiger partial charge in [-0.1, -0.05) is 13.8 Å². The first-order valence-corrected chi connectivity index (χ1v) is 6.64. The average molecular weight is 191 g/mol. The Kier molecular flexibility index (Phi) is 9.35. The predicted octanol–water partition coefficient (Wildman–Crippen LogP) is 3.48. The van der Waals surface area contributed by atoms with Gasteiger partial charge in [0.25, 0.3) is 0 Å². The zero-order valence-electron chi connectivity index (χ0n) is 7.80. The summed E-state index contributed by atoms with van der Waals surface area (Å²) in [6.45, 7) is 4.50. The lowest BCUT2D eigenvalue weighted by Gasteiger charge is -2.03. The highest BCUT2D eigenvalue weighted by Gasteiger charge is 1.93. The molecule has 1 radical (unpaired) electrons. The van der Waals surface area contributed by atoms with Crippen LogP contribution in [-0.2, 0) is 0 Å². The zero-order chi connectivity index (χ0) is 8.53. The van der Waals surface area contributed by atoms with Gasteiger partial charge in [0.2, 0.25) is 0 Å². The van der Waals surface area contributed by atoms with E-state index in [0.717, 1.165) is 5.25 Å². The van der Waals surface area contributed by atoms with Crippen molar-refractivity contribution in [2.24, 2.45) is 0 Å². The molecule has 0 saturated heterocycles. The minimum atomic E-state index is 0.784. The van der Waals surface area contributed by atoms with Crippen molar-refractivity contribution in [3.8, 4) is 0 Å².